The number of fused-ring (bicyclic) bond motifs is 1. The number of rotatable bonds is 2. The van der Waals surface area contributed by atoms with E-state index in [-0.39, 0.29) is 0 Å². The van der Waals surface area contributed by atoms with Crippen molar-refractivity contribution >= 4 is 11.4 Å². The van der Waals surface area contributed by atoms with Crippen LogP contribution in [0.2, 0.25) is 0 Å². The second-order valence-corrected chi connectivity index (χ2v) is 4.10. The maximum atomic E-state index is 5.75. The average molecular weight is 205 g/mol. The zero-order valence-corrected chi connectivity index (χ0v) is 9.46. The van der Waals surface area contributed by atoms with Crippen molar-refractivity contribution in [1.82, 2.24) is 0 Å². The van der Waals surface area contributed by atoms with Crippen molar-refractivity contribution in [2.75, 3.05) is 23.3 Å². The van der Waals surface area contributed by atoms with E-state index in [0.29, 0.717) is 12.6 Å². The van der Waals surface area contributed by atoms with Gasteiger partial charge in [-0.15, -0.1) is 0 Å². The molecule has 0 bridgehead atoms. The number of likely N-dealkylation sites (N-methyl/N-ethyl adjacent to an activating group) is 1. The number of para-hydroxylation sites is 1. The summed E-state index contributed by atoms with van der Waals surface area (Å²) in [4.78, 5) is 2.40. The molecular formula is C12H19N3. The highest BCUT2D eigenvalue weighted by Crippen LogP contribution is 2.33. The van der Waals surface area contributed by atoms with E-state index >= 15 is 0 Å². The first-order valence-electron chi connectivity index (χ1n) is 5.59. The van der Waals surface area contributed by atoms with Crippen LogP contribution in [0.5, 0.6) is 0 Å². The number of nitrogens with two attached hydrogens (primary N) is 1. The maximum absolute atomic E-state index is 5.75. The Morgan fingerprint density at radius 2 is 2.33 bits per heavy atom. The number of nitrogens with zero attached hydrogens (tertiary/aromatic N) is 1. The van der Waals surface area contributed by atoms with Gasteiger partial charge in [0.2, 0.25) is 0 Å². The number of anilines is 2. The van der Waals surface area contributed by atoms with Crippen LogP contribution in [0.1, 0.15) is 19.4 Å². The summed E-state index contributed by atoms with van der Waals surface area (Å²) in [6, 6.07) is 6.83. The van der Waals surface area contributed by atoms with Crippen molar-refractivity contribution in [1.29, 1.82) is 0 Å². The van der Waals surface area contributed by atoms with E-state index in [0.717, 1.165) is 13.1 Å². The fourth-order valence-corrected chi connectivity index (χ4v) is 2.21. The minimum absolute atomic E-state index is 0.491. The Morgan fingerprint density at radius 3 is 3.00 bits per heavy atom. The smallest absolute Gasteiger partial charge is 0.0626 e. The summed E-state index contributed by atoms with van der Waals surface area (Å²) in [6.07, 6.45) is 0. The van der Waals surface area contributed by atoms with Crippen LogP contribution in [0, 0.1) is 0 Å². The maximum Gasteiger partial charge on any atom is 0.0626 e. The fraction of sp³-hybridized carbons (Fsp3) is 0.500. The van der Waals surface area contributed by atoms with Gasteiger partial charge < -0.3 is 16.0 Å². The van der Waals surface area contributed by atoms with Crippen molar-refractivity contribution in [3.63, 3.8) is 0 Å². The van der Waals surface area contributed by atoms with E-state index in [1.165, 1.54) is 16.9 Å². The van der Waals surface area contributed by atoms with Gasteiger partial charge in [0.25, 0.3) is 0 Å². The average Bonchev–Trinajstić information content (AvgIpc) is 2.27. The van der Waals surface area contributed by atoms with Crippen LogP contribution in [0.25, 0.3) is 0 Å². The predicted molar refractivity (Wildman–Crippen MR) is 65.3 cm³/mol. The Morgan fingerprint density at radius 1 is 1.53 bits per heavy atom. The minimum atomic E-state index is 0.491. The summed E-state index contributed by atoms with van der Waals surface area (Å²) in [6.45, 7) is 7.11. The van der Waals surface area contributed by atoms with Gasteiger partial charge in [-0.05, 0) is 25.5 Å². The van der Waals surface area contributed by atoms with Gasteiger partial charge in [-0.2, -0.15) is 0 Å². The monoisotopic (exact) mass is 205 g/mol. The van der Waals surface area contributed by atoms with Crippen LogP contribution in [-0.2, 0) is 6.54 Å². The van der Waals surface area contributed by atoms with Gasteiger partial charge in [0.15, 0.2) is 0 Å². The van der Waals surface area contributed by atoms with Crippen molar-refractivity contribution < 1.29 is 0 Å². The minimum Gasteiger partial charge on any atom is -0.379 e. The Labute approximate surface area is 91.3 Å². The zero-order chi connectivity index (χ0) is 10.8. The second kappa shape index (κ2) is 4.11. The van der Waals surface area contributed by atoms with E-state index in [1.54, 1.807) is 0 Å². The third-order valence-corrected chi connectivity index (χ3v) is 2.96. The van der Waals surface area contributed by atoms with Crippen molar-refractivity contribution in [2.45, 2.75) is 26.4 Å². The molecule has 1 atom stereocenters. The fourth-order valence-electron chi connectivity index (χ4n) is 2.21. The van der Waals surface area contributed by atoms with Crippen LogP contribution < -0.4 is 16.0 Å². The standard InChI is InChI=1S/C12H19N3/c1-3-15-8-9(2)14-12-10(7-13)5-4-6-11(12)15/h4-6,9,14H,3,7-8,13H2,1-2H3. The molecule has 0 saturated heterocycles. The molecule has 1 aliphatic heterocycles. The van der Waals surface area contributed by atoms with Gasteiger partial charge in [-0.3, -0.25) is 0 Å². The molecule has 1 unspecified atom stereocenters. The van der Waals surface area contributed by atoms with E-state index in [1.807, 2.05) is 0 Å². The van der Waals surface area contributed by atoms with E-state index < -0.39 is 0 Å². The van der Waals surface area contributed by atoms with Gasteiger partial charge in [-0.1, -0.05) is 12.1 Å². The highest BCUT2D eigenvalue weighted by atomic mass is 15.2. The molecule has 1 aliphatic rings. The number of nitrogens with one attached hydrogen (secondary N) is 1. The molecule has 3 nitrogen and oxygen atoms in total. The third-order valence-electron chi connectivity index (χ3n) is 2.96. The van der Waals surface area contributed by atoms with Crippen LogP contribution >= 0.6 is 0 Å². The van der Waals surface area contributed by atoms with Crippen molar-refractivity contribution in [3.8, 4) is 0 Å². The Bertz CT molecular complexity index is 349. The zero-order valence-electron chi connectivity index (χ0n) is 9.46. The highest BCUT2D eigenvalue weighted by Gasteiger charge is 2.21. The number of hydrogen-bond donors (Lipinski definition) is 2. The largest absolute Gasteiger partial charge is 0.379 e. The van der Waals surface area contributed by atoms with Gasteiger partial charge in [0, 0.05) is 25.7 Å². The topological polar surface area (TPSA) is 41.3 Å². The predicted octanol–water partition coefficient (Wildman–Crippen LogP) is 1.79. The lowest BCUT2D eigenvalue weighted by Gasteiger charge is -2.36. The number of benzene rings is 1. The molecule has 0 aromatic heterocycles. The number of hydrogen-bond acceptors (Lipinski definition) is 3. The Hall–Kier alpha value is -1.22. The normalized spacial score (nSPS) is 19.7. The van der Waals surface area contributed by atoms with Crippen LogP contribution in [0.15, 0.2) is 18.2 Å². The first kappa shape index (κ1) is 10.3. The first-order chi connectivity index (χ1) is 7.26. The molecule has 15 heavy (non-hydrogen) atoms. The van der Waals surface area contributed by atoms with Crippen molar-refractivity contribution in [3.05, 3.63) is 23.8 Å². The molecule has 0 spiro atoms. The second-order valence-electron chi connectivity index (χ2n) is 4.10. The third kappa shape index (κ3) is 1.79. The molecule has 0 fully saturated rings. The van der Waals surface area contributed by atoms with Gasteiger partial charge in [0.05, 0.1) is 11.4 Å². The molecule has 1 aromatic carbocycles. The molecule has 3 heteroatoms. The molecule has 3 N–H and O–H groups in total. The van der Waals surface area contributed by atoms with E-state index in [9.17, 15) is 0 Å². The lowest BCUT2D eigenvalue weighted by molar-refractivity contribution is 0.701. The lowest BCUT2D eigenvalue weighted by atomic mass is 10.1. The summed E-state index contributed by atoms with van der Waals surface area (Å²) >= 11 is 0. The molecule has 82 valence electrons. The lowest BCUT2D eigenvalue weighted by Crippen LogP contribution is -2.40. The summed E-state index contributed by atoms with van der Waals surface area (Å²) in [5, 5.41) is 3.52. The van der Waals surface area contributed by atoms with E-state index in [4.69, 9.17) is 5.73 Å². The van der Waals surface area contributed by atoms with Gasteiger partial charge >= 0.3 is 0 Å². The van der Waals surface area contributed by atoms with Gasteiger partial charge in [0.1, 0.15) is 0 Å². The first-order valence-corrected chi connectivity index (χ1v) is 5.59. The highest BCUT2D eigenvalue weighted by molar-refractivity contribution is 5.76. The molecule has 1 aromatic rings. The Kier molecular flexibility index (Phi) is 2.82. The summed E-state index contributed by atoms with van der Waals surface area (Å²) < 4.78 is 0. The molecular weight excluding hydrogens is 186 g/mol. The van der Waals surface area contributed by atoms with Crippen LogP contribution in [-0.4, -0.2) is 19.1 Å². The molecule has 0 amide bonds. The summed E-state index contributed by atoms with van der Waals surface area (Å²) in [5.74, 6) is 0. The van der Waals surface area contributed by atoms with Gasteiger partial charge in [-0.25, -0.2) is 0 Å². The van der Waals surface area contributed by atoms with Crippen LogP contribution in [0.4, 0.5) is 11.4 Å². The molecule has 0 saturated carbocycles. The van der Waals surface area contributed by atoms with Crippen molar-refractivity contribution in [2.24, 2.45) is 5.73 Å². The summed E-state index contributed by atoms with van der Waals surface area (Å²) in [5.41, 5.74) is 9.47. The molecule has 1 heterocycles. The Balaban J connectivity index is 2.45. The quantitative estimate of drug-likeness (QED) is 0.773. The molecule has 0 radical (unpaired) electrons. The summed E-state index contributed by atoms with van der Waals surface area (Å²) in [7, 11) is 0. The van der Waals surface area contributed by atoms with E-state index in [2.05, 4.69) is 42.3 Å². The molecule has 0 aliphatic carbocycles. The SMILES string of the molecule is CCN1CC(C)Nc2c(CN)cccc21. The van der Waals surface area contributed by atoms with Crippen LogP contribution in [0.3, 0.4) is 0 Å². The molecule has 2 rings (SSSR count).